The van der Waals surface area contributed by atoms with Crippen molar-refractivity contribution < 1.29 is 4.79 Å². The largest absolute Gasteiger partial charge is 0.304 e. The van der Waals surface area contributed by atoms with Crippen LogP contribution in [0.5, 0.6) is 0 Å². The van der Waals surface area contributed by atoms with E-state index in [9.17, 15) is 0 Å². The van der Waals surface area contributed by atoms with Gasteiger partial charge in [-0.2, -0.15) is 0 Å². The molecule has 0 bridgehead atoms. The van der Waals surface area contributed by atoms with Gasteiger partial charge in [-0.3, -0.25) is 0 Å². The number of hydrogen-bond acceptors (Lipinski definition) is 1. The van der Waals surface area contributed by atoms with E-state index in [-0.39, 0.29) is 0 Å². The number of unbranched alkanes of at least 4 members (excludes halogenated alkanes) is 3. The molecule has 1 atom stereocenters. The number of hydrogen-bond donors (Lipinski definition) is 0. The summed E-state index contributed by atoms with van der Waals surface area (Å²) in [5, 5.41) is 0. The van der Waals surface area contributed by atoms with Crippen molar-refractivity contribution in [1.82, 2.24) is 0 Å². The number of allylic oxidation sites excluding steroid dienone is 1. The zero-order chi connectivity index (χ0) is 20.8. The first-order valence-corrected chi connectivity index (χ1v) is 10.6. The topological polar surface area (TPSA) is 17.1 Å². The fraction of sp³-hybridized carbons (Fsp3) is 0.640. The zero-order valence-electron chi connectivity index (χ0n) is 19.0. The lowest BCUT2D eigenvalue weighted by molar-refractivity contribution is -0.106. The van der Waals surface area contributed by atoms with Gasteiger partial charge in [0.2, 0.25) is 0 Å². The van der Waals surface area contributed by atoms with E-state index in [1.165, 1.54) is 57.4 Å². The highest BCUT2D eigenvalue weighted by Gasteiger charge is 2.15. The summed E-state index contributed by atoms with van der Waals surface area (Å²) >= 11 is 0. The molecule has 0 amide bonds. The van der Waals surface area contributed by atoms with Crippen LogP contribution in [0.2, 0.25) is 0 Å². The van der Waals surface area contributed by atoms with E-state index in [0.717, 1.165) is 12.2 Å². The van der Waals surface area contributed by atoms with Gasteiger partial charge in [0.25, 0.3) is 0 Å². The Morgan fingerprint density at radius 2 is 1.58 bits per heavy atom. The molecule has 26 heavy (non-hydrogen) atoms. The Labute approximate surface area is 165 Å². The number of carbonyl (C=O) groups is 1. The number of benzene rings is 1. The molecule has 1 heteroatoms. The minimum atomic E-state index is 0.750. The number of aldehydes is 1. The maximum absolute atomic E-state index is 8.81. The van der Waals surface area contributed by atoms with Gasteiger partial charge >= 0.3 is 0 Å². The van der Waals surface area contributed by atoms with Crippen LogP contribution in [0, 0.1) is 6.92 Å². The highest BCUT2D eigenvalue weighted by Crippen LogP contribution is 2.31. The molecule has 1 aromatic carbocycles. The van der Waals surface area contributed by atoms with E-state index in [0.29, 0.717) is 0 Å². The van der Waals surface area contributed by atoms with Crippen LogP contribution >= 0.6 is 0 Å². The second-order valence-electron chi connectivity index (χ2n) is 6.35. The van der Waals surface area contributed by atoms with Crippen LogP contribution < -0.4 is 0 Å². The molecule has 0 aromatic heterocycles. The molecule has 2 rings (SSSR count). The maximum atomic E-state index is 8.81. The van der Waals surface area contributed by atoms with Crippen LogP contribution in [0.25, 0.3) is 0 Å². The predicted octanol–water partition coefficient (Wildman–Crippen LogP) is 8.45. The lowest BCUT2D eigenvalue weighted by atomic mass is 9.83. The van der Waals surface area contributed by atoms with Crippen molar-refractivity contribution in [3.63, 3.8) is 0 Å². The molecule has 0 saturated carbocycles. The van der Waals surface area contributed by atoms with Crippen LogP contribution in [-0.4, -0.2) is 6.29 Å². The molecule has 1 aromatic rings. The summed E-state index contributed by atoms with van der Waals surface area (Å²) in [5.41, 5.74) is 4.59. The van der Waals surface area contributed by atoms with E-state index in [2.05, 4.69) is 52.5 Å². The summed E-state index contributed by atoms with van der Waals surface area (Å²) in [6.07, 6.45) is 12.1. The van der Waals surface area contributed by atoms with Crippen molar-refractivity contribution in [2.75, 3.05) is 0 Å². The van der Waals surface area contributed by atoms with E-state index < -0.39 is 0 Å². The van der Waals surface area contributed by atoms with Gasteiger partial charge in [0.1, 0.15) is 6.29 Å². The van der Waals surface area contributed by atoms with Crippen LogP contribution in [0.3, 0.4) is 0 Å². The molecule has 0 heterocycles. The summed E-state index contributed by atoms with van der Waals surface area (Å²) in [6.45, 7) is 19.7. The molecule has 0 aliphatic heterocycles. The Balaban J connectivity index is -0.000000321. The molecule has 1 aliphatic rings. The monoisotopic (exact) mass is 362 g/mol. The van der Waals surface area contributed by atoms with Gasteiger partial charge in [-0.25, -0.2) is 0 Å². The van der Waals surface area contributed by atoms with Gasteiger partial charge < -0.3 is 4.79 Å². The summed E-state index contributed by atoms with van der Waals surface area (Å²) in [4.78, 5) is 8.81. The smallest absolute Gasteiger partial charge is 0.116 e. The first-order chi connectivity index (χ1) is 12.5. The fourth-order valence-electron chi connectivity index (χ4n) is 2.65. The number of carbonyl (C=O) groups excluding carboxylic acids is 1. The molecule has 0 N–H and O–H groups in total. The highest BCUT2D eigenvalue weighted by molar-refractivity contribution is 5.44. The Morgan fingerprint density at radius 1 is 1.12 bits per heavy atom. The summed E-state index contributed by atoms with van der Waals surface area (Å²) in [7, 11) is 0. The van der Waals surface area contributed by atoms with E-state index in [1.54, 1.807) is 17.2 Å². The molecule has 0 radical (unpaired) electrons. The second kappa shape index (κ2) is 23.6. The molecular formula is C25H46O. The molecule has 0 fully saturated rings. The SMILES string of the molecule is C=CC.CC.CC=O.CCCCCC.Cc1ccc2c(c1)C(C)CCC2. The van der Waals surface area contributed by atoms with Gasteiger partial charge in [0.05, 0.1) is 0 Å². The first kappa shape index (κ1) is 29.4. The third kappa shape index (κ3) is 17.5. The third-order valence-electron chi connectivity index (χ3n) is 3.87. The number of fused-ring (bicyclic) bond motifs is 1. The van der Waals surface area contributed by atoms with Gasteiger partial charge in [-0.15, -0.1) is 6.58 Å². The Hall–Kier alpha value is -1.37. The van der Waals surface area contributed by atoms with Gasteiger partial charge in [0.15, 0.2) is 0 Å². The van der Waals surface area contributed by atoms with Crippen molar-refractivity contribution in [1.29, 1.82) is 0 Å². The molecule has 0 saturated heterocycles. The zero-order valence-corrected chi connectivity index (χ0v) is 19.0. The average molecular weight is 363 g/mol. The molecule has 1 aliphatic carbocycles. The minimum absolute atomic E-state index is 0.750. The molecular weight excluding hydrogens is 316 g/mol. The van der Waals surface area contributed by atoms with Gasteiger partial charge in [0, 0.05) is 0 Å². The van der Waals surface area contributed by atoms with Crippen molar-refractivity contribution >= 4 is 6.29 Å². The van der Waals surface area contributed by atoms with Crippen LogP contribution in [-0.2, 0) is 11.2 Å². The van der Waals surface area contributed by atoms with Gasteiger partial charge in [-0.05, 0) is 57.1 Å². The predicted molar refractivity (Wildman–Crippen MR) is 121 cm³/mol. The Kier molecular flexibility index (Phi) is 26.7. The molecule has 152 valence electrons. The molecule has 0 spiro atoms. The summed E-state index contributed by atoms with van der Waals surface area (Å²) in [5.74, 6) is 0.786. The van der Waals surface area contributed by atoms with Crippen molar-refractivity contribution in [2.24, 2.45) is 0 Å². The lowest BCUT2D eigenvalue weighted by Crippen LogP contribution is -2.06. The first-order valence-electron chi connectivity index (χ1n) is 10.6. The highest BCUT2D eigenvalue weighted by atomic mass is 16.1. The quantitative estimate of drug-likeness (QED) is 0.299. The third-order valence-corrected chi connectivity index (χ3v) is 3.87. The second-order valence-corrected chi connectivity index (χ2v) is 6.35. The van der Waals surface area contributed by atoms with Gasteiger partial charge in [-0.1, -0.05) is 90.1 Å². The fourth-order valence-corrected chi connectivity index (χ4v) is 2.65. The van der Waals surface area contributed by atoms with Crippen LogP contribution in [0.1, 0.15) is 110 Å². The summed E-state index contributed by atoms with van der Waals surface area (Å²) in [6, 6.07) is 6.90. The standard InChI is InChI=1S/C12H16.C6H14.C3H6.C2H4O.C2H6/c1-9-6-7-11-5-3-4-10(2)12(11)8-9;1-3-5-6-4-2;1-3-2;1-2-3;1-2/h6-8,10H,3-5H2,1-2H3;3-6H2,1-2H3;3H,1H2,2H3;2H,1H3;1-2H3. The maximum Gasteiger partial charge on any atom is 0.116 e. The van der Waals surface area contributed by atoms with E-state index >= 15 is 0 Å². The summed E-state index contributed by atoms with van der Waals surface area (Å²) < 4.78 is 0. The molecule has 1 nitrogen and oxygen atoms in total. The van der Waals surface area contributed by atoms with E-state index in [4.69, 9.17) is 4.79 Å². The molecule has 1 unspecified atom stereocenters. The van der Waals surface area contributed by atoms with Crippen molar-refractivity contribution in [3.05, 3.63) is 47.5 Å². The Bertz CT molecular complexity index is 410. The minimum Gasteiger partial charge on any atom is -0.304 e. The van der Waals surface area contributed by atoms with Crippen LogP contribution in [0.15, 0.2) is 30.9 Å². The van der Waals surface area contributed by atoms with Crippen molar-refractivity contribution in [2.45, 2.75) is 106 Å². The van der Waals surface area contributed by atoms with Crippen molar-refractivity contribution in [3.8, 4) is 0 Å². The average Bonchev–Trinajstić information content (AvgIpc) is 2.64. The van der Waals surface area contributed by atoms with E-state index in [1.807, 2.05) is 20.8 Å². The Morgan fingerprint density at radius 3 is 2.00 bits per heavy atom. The van der Waals surface area contributed by atoms with Crippen LogP contribution in [0.4, 0.5) is 0 Å². The lowest BCUT2D eigenvalue weighted by Gasteiger charge is -2.22. The normalized spacial score (nSPS) is 13.5. The number of aryl methyl sites for hydroxylation is 2. The number of rotatable bonds is 3.